The van der Waals surface area contributed by atoms with Gasteiger partial charge in [0, 0.05) is 37.1 Å². The first kappa shape index (κ1) is 11.5. The van der Waals surface area contributed by atoms with Crippen molar-refractivity contribution in [2.24, 2.45) is 11.3 Å². The maximum atomic E-state index is 12.3. The van der Waals surface area contributed by atoms with Crippen LogP contribution in [-0.2, 0) is 14.3 Å². The van der Waals surface area contributed by atoms with E-state index in [0.717, 1.165) is 6.42 Å². The zero-order chi connectivity index (χ0) is 13.8. The van der Waals surface area contributed by atoms with Crippen LogP contribution in [0.2, 0.25) is 0 Å². The third-order valence-corrected chi connectivity index (χ3v) is 6.42. The summed E-state index contributed by atoms with van der Waals surface area (Å²) in [6.07, 6.45) is 6.20. The van der Waals surface area contributed by atoms with Gasteiger partial charge in [0.25, 0.3) is 0 Å². The van der Waals surface area contributed by atoms with Gasteiger partial charge in [-0.25, -0.2) is 0 Å². The Morgan fingerprint density at radius 3 is 3.10 bits per heavy atom. The lowest BCUT2D eigenvalue weighted by Crippen LogP contribution is -2.71. The maximum absolute atomic E-state index is 12.3. The van der Waals surface area contributed by atoms with Crippen LogP contribution in [0.5, 0.6) is 0 Å². The SMILES string of the molecule is O=C1C=C[C@@]23[C@@H]4CCN2C(=O)CC[C@]32C[C@@](O)(C[C@H]12)O4. The predicted molar refractivity (Wildman–Crippen MR) is 67.4 cm³/mol. The number of rotatable bonds is 0. The highest BCUT2D eigenvalue weighted by Gasteiger charge is 2.77. The van der Waals surface area contributed by atoms with Gasteiger partial charge in [-0.05, 0) is 18.9 Å². The van der Waals surface area contributed by atoms with Crippen LogP contribution >= 0.6 is 0 Å². The molecule has 0 unspecified atom stereocenters. The largest absolute Gasteiger partial charge is 0.365 e. The molecule has 4 fully saturated rings. The number of aliphatic hydroxyl groups is 1. The van der Waals surface area contributed by atoms with E-state index < -0.39 is 11.3 Å². The van der Waals surface area contributed by atoms with Gasteiger partial charge >= 0.3 is 0 Å². The molecule has 0 radical (unpaired) electrons. The molecule has 5 atom stereocenters. The van der Waals surface area contributed by atoms with Gasteiger partial charge in [-0.15, -0.1) is 0 Å². The van der Waals surface area contributed by atoms with Crippen molar-refractivity contribution in [1.29, 1.82) is 0 Å². The number of fused-ring (bicyclic) bond motifs is 1. The number of amides is 1. The molecule has 2 aliphatic carbocycles. The zero-order valence-electron chi connectivity index (χ0n) is 11.2. The normalized spacial score (nSPS) is 55.4. The first-order valence-corrected chi connectivity index (χ1v) is 7.45. The van der Waals surface area contributed by atoms with Crippen LogP contribution in [0.25, 0.3) is 0 Å². The molecule has 5 aliphatic rings. The number of carbonyl (C=O) groups is 2. The van der Waals surface area contributed by atoms with Crippen LogP contribution in [-0.4, -0.2) is 45.7 Å². The van der Waals surface area contributed by atoms with Gasteiger partial charge in [-0.3, -0.25) is 9.59 Å². The molecule has 0 aromatic carbocycles. The molecular formula is C15H17NO4. The Kier molecular flexibility index (Phi) is 1.73. The Labute approximate surface area is 116 Å². The fourth-order valence-corrected chi connectivity index (χ4v) is 5.86. The summed E-state index contributed by atoms with van der Waals surface area (Å²) in [7, 11) is 0. The smallest absolute Gasteiger partial charge is 0.223 e. The first-order chi connectivity index (χ1) is 9.51. The number of nitrogens with zero attached hydrogens (tertiary/aromatic N) is 1. The summed E-state index contributed by atoms with van der Waals surface area (Å²) in [5.74, 6) is -1.11. The lowest BCUT2D eigenvalue weighted by atomic mass is 9.53. The van der Waals surface area contributed by atoms with Crippen molar-refractivity contribution < 1.29 is 19.4 Å². The Balaban J connectivity index is 1.82. The minimum atomic E-state index is -1.17. The van der Waals surface area contributed by atoms with Crippen molar-refractivity contribution >= 4 is 11.7 Å². The van der Waals surface area contributed by atoms with Crippen molar-refractivity contribution in [3.63, 3.8) is 0 Å². The molecule has 3 heterocycles. The average Bonchev–Trinajstić information content (AvgIpc) is 2.90. The lowest BCUT2D eigenvalue weighted by molar-refractivity contribution is -0.279. The fourth-order valence-electron chi connectivity index (χ4n) is 5.86. The molecule has 1 saturated carbocycles. The van der Waals surface area contributed by atoms with Crippen LogP contribution in [0.3, 0.4) is 0 Å². The minimum Gasteiger partial charge on any atom is -0.365 e. The number of piperidine rings is 1. The number of ketones is 1. The molecule has 0 aromatic heterocycles. The Morgan fingerprint density at radius 1 is 1.40 bits per heavy atom. The molecule has 5 heteroatoms. The summed E-state index contributed by atoms with van der Waals surface area (Å²) in [4.78, 5) is 26.6. The Morgan fingerprint density at radius 2 is 2.25 bits per heavy atom. The number of hydrogen-bond donors (Lipinski definition) is 1. The van der Waals surface area contributed by atoms with Crippen molar-refractivity contribution in [2.75, 3.05) is 6.54 Å². The molecule has 1 N–H and O–H groups in total. The van der Waals surface area contributed by atoms with Crippen LogP contribution in [0.15, 0.2) is 12.2 Å². The maximum Gasteiger partial charge on any atom is 0.223 e. The molecular weight excluding hydrogens is 258 g/mol. The summed E-state index contributed by atoms with van der Waals surface area (Å²) in [6.45, 7) is 0.673. The van der Waals surface area contributed by atoms with E-state index in [0.29, 0.717) is 32.2 Å². The molecule has 1 amide bonds. The van der Waals surface area contributed by atoms with Crippen molar-refractivity contribution in [1.82, 2.24) is 4.90 Å². The van der Waals surface area contributed by atoms with E-state index in [2.05, 4.69) is 0 Å². The molecule has 20 heavy (non-hydrogen) atoms. The average molecular weight is 275 g/mol. The molecule has 3 saturated heterocycles. The predicted octanol–water partition coefficient (Wildman–Crippen LogP) is 0.374. The van der Waals surface area contributed by atoms with Crippen molar-refractivity contribution in [3.05, 3.63) is 12.2 Å². The van der Waals surface area contributed by atoms with E-state index in [1.165, 1.54) is 0 Å². The summed E-state index contributed by atoms with van der Waals surface area (Å²) in [6, 6.07) is 0. The summed E-state index contributed by atoms with van der Waals surface area (Å²) < 4.78 is 5.98. The summed E-state index contributed by atoms with van der Waals surface area (Å²) in [5.41, 5.74) is -0.787. The van der Waals surface area contributed by atoms with E-state index in [1.54, 1.807) is 6.08 Å². The highest BCUT2D eigenvalue weighted by Crippen LogP contribution is 2.69. The molecule has 2 spiro atoms. The van der Waals surface area contributed by atoms with Gasteiger partial charge in [0.2, 0.25) is 5.91 Å². The Hall–Kier alpha value is -1.20. The second-order valence-corrected chi connectivity index (χ2v) is 7.04. The molecule has 106 valence electrons. The van der Waals surface area contributed by atoms with Gasteiger partial charge in [0.15, 0.2) is 11.6 Å². The van der Waals surface area contributed by atoms with E-state index in [-0.39, 0.29) is 29.1 Å². The topological polar surface area (TPSA) is 66.8 Å². The second-order valence-electron chi connectivity index (χ2n) is 7.04. The molecule has 2 bridgehead atoms. The number of ether oxygens (including phenoxy) is 1. The highest BCUT2D eigenvalue weighted by molar-refractivity contribution is 5.96. The molecule has 0 aromatic rings. The number of hydrogen-bond acceptors (Lipinski definition) is 4. The standard InChI is InChI=1S/C15H17NO4/c17-10-1-5-15-11-3-6-16(15)12(18)2-4-13(15)8-14(19,20-11)7-9(10)13/h1,5,9,11,19H,2-4,6-8H2/t9-,11+,13-,14-,15+/m1/s1. The van der Waals surface area contributed by atoms with Gasteiger partial charge in [-0.2, -0.15) is 0 Å². The van der Waals surface area contributed by atoms with Gasteiger partial charge < -0.3 is 14.7 Å². The van der Waals surface area contributed by atoms with Gasteiger partial charge in [-0.1, -0.05) is 6.08 Å². The third-order valence-electron chi connectivity index (χ3n) is 6.42. The first-order valence-electron chi connectivity index (χ1n) is 7.45. The zero-order valence-corrected chi connectivity index (χ0v) is 11.2. The monoisotopic (exact) mass is 275 g/mol. The van der Waals surface area contributed by atoms with Crippen LogP contribution < -0.4 is 0 Å². The lowest BCUT2D eigenvalue weighted by Gasteiger charge is -2.61. The van der Waals surface area contributed by atoms with Crippen molar-refractivity contribution in [2.45, 2.75) is 49.5 Å². The fraction of sp³-hybridized carbons (Fsp3) is 0.733. The summed E-state index contributed by atoms with van der Waals surface area (Å²) >= 11 is 0. The van der Waals surface area contributed by atoms with E-state index >= 15 is 0 Å². The third kappa shape index (κ3) is 0.940. The Bertz CT molecular complexity index is 586. The highest BCUT2D eigenvalue weighted by atomic mass is 16.6. The van der Waals surface area contributed by atoms with E-state index in [9.17, 15) is 14.7 Å². The second kappa shape index (κ2) is 3.02. The van der Waals surface area contributed by atoms with E-state index in [4.69, 9.17) is 4.74 Å². The van der Waals surface area contributed by atoms with Gasteiger partial charge in [0.05, 0.1) is 11.6 Å². The van der Waals surface area contributed by atoms with Crippen LogP contribution in [0.4, 0.5) is 0 Å². The van der Waals surface area contributed by atoms with Crippen LogP contribution in [0, 0.1) is 11.3 Å². The minimum absolute atomic E-state index is 0.0944. The van der Waals surface area contributed by atoms with Gasteiger partial charge in [0.1, 0.15) is 0 Å². The van der Waals surface area contributed by atoms with E-state index in [1.807, 2.05) is 11.0 Å². The molecule has 5 rings (SSSR count). The molecule has 5 nitrogen and oxygen atoms in total. The van der Waals surface area contributed by atoms with Crippen LogP contribution in [0.1, 0.15) is 32.1 Å². The number of allylic oxidation sites excluding steroid dienone is 1. The summed E-state index contributed by atoms with van der Waals surface area (Å²) in [5, 5.41) is 10.7. The number of carbonyl (C=O) groups excluding carboxylic acids is 2. The van der Waals surface area contributed by atoms with Crippen molar-refractivity contribution in [3.8, 4) is 0 Å². The molecule has 3 aliphatic heterocycles. The quantitative estimate of drug-likeness (QED) is 0.694.